The van der Waals surface area contributed by atoms with Gasteiger partial charge in [0.1, 0.15) is 5.82 Å². The van der Waals surface area contributed by atoms with Crippen LogP contribution in [-0.4, -0.2) is 53.0 Å². The van der Waals surface area contributed by atoms with Gasteiger partial charge in [-0.05, 0) is 58.7 Å². The molecule has 0 amide bonds. The molecule has 0 aliphatic heterocycles. The van der Waals surface area contributed by atoms with Crippen LogP contribution in [0.2, 0.25) is 0 Å². The van der Waals surface area contributed by atoms with E-state index >= 15 is 0 Å². The summed E-state index contributed by atoms with van der Waals surface area (Å²) in [5.41, 5.74) is 8.17. The molecular formula is C37H36N8O2S. The summed E-state index contributed by atoms with van der Waals surface area (Å²) in [6.07, 6.45) is 2.90. The smallest absolute Gasteiger partial charge is 0.266 e. The Morgan fingerprint density at radius 3 is 2.27 bits per heavy atom. The van der Waals surface area contributed by atoms with Crippen LogP contribution in [0, 0.1) is 0 Å². The van der Waals surface area contributed by atoms with Gasteiger partial charge in [-0.25, -0.2) is 13.5 Å². The summed E-state index contributed by atoms with van der Waals surface area (Å²) in [5.74, 6) is 1.54. The molecule has 1 atom stereocenters. The Morgan fingerprint density at radius 1 is 0.854 bits per heavy atom. The molecule has 48 heavy (non-hydrogen) atoms. The first-order valence-corrected chi connectivity index (χ1v) is 17.0. The van der Waals surface area contributed by atoms with E-state index in [1.54, 1.807) is 0 Å². The lowest BCUT2D eigenvalue weighted by Crippen LogP contribution is -2.20. The van der Waals surface area contributed by atoms with Crippen LogP contribution in [-0.2, 0) is 24.2 Å². The summed E-state index contributed by atoms with van der Waals surface area (Å²) in [6, 6.07) is 34.2. The van der Waals surface area contributed by atoms with Crippen molar-refractivity contribution < 1.29 is 8.76 Å². The third-order valence-corrected chi connectivity index (χ3v) is 9.37. The fourth-order valence-electron chi connectivity index (χ4n) is 6.32. The van der Waals surface area contributed by atoms with E-state index in [1.165, 1.54) is 4.31 Å². The van der Waals surface area contributed by atoms with Crippen LogP contribution in [0.5, 0.6) is 0 Å². The number of unbranched alkanes of at least 4 members (excludes halogenated alkanes) is 1. The molecule has 242 valence electrons. The van der Waals surface area contributed by atoms with Gasteiger partial charge in [0.25, 0.3) is 11.3 Å². The first kappa shape index (κ1) is 31.2. The molecule has 7 aromatic rings. The average Bonchev–Trinajstić information content (AvgIpc) is 3.76. The summed E-state index contributed by atoms with van der Waals surface area (Å²) in [6.45, 7) is 2.78. The molecule has 0 aliphatic carbocycles. The second-order valence-corrected chi connectivity index (χ2v) is 12.8. The zero-order chi connectivity index (χ0) is 33.2. The Morgan fingerprint density at radius 2 is 1.58 bits per heavy atom. The van der Waals surface area contributed by atoms with E-state index in [9.17, 15) is 8.76 Å². The van der Waals surface area contributed by atoms with Gasteiger partial charge in [0.15, 0.2) is 0 Å². The number of aromatic nitrogens is 6. The highest BCUT2D eigenvalue weighted by molar-refractivity contribution is 7.81. The lowest BCUT2D eigenvalue weighted by atomic mass is 9.98. The van der Waals surface area contributed by atoms with Crippen molar-refractivity contribution >= 4 is 50.1 Å². The maximum Gasteiger partial charge on any atom is 0.266 e. The zero-order valence-electron chi connectivity index (χ0n) is 27.0. The van der Waals surface area contributed by atoms with Gasteiger partial charge in [0, 0.05) is 49.1 Å². The lowest BCUT2D eigenvalue weighted by molar-refractivity contribution is 0.564. The third-order valence-electron chi connectivity index (χ3n) is 8.65. The Labute approximate surface area is 281 Å². The summed E-state index contributed by atoms with van der Waals surface area (Å²) in [5, 5.41) is 16.5. The molecule has 0 saturated carbocycles. The van der Waals surface area contributed by atoms with Crippen molar-refractivity contribution in [2.24, 2.45) is 0 Å². The lowest BCUT2D eigenvalue weighted by Gasteiger charge is -2.23. The predicted molar refractivity (Wildman–Crippen MR) is 194 cm³/mol. The number of aryl methyl sites for hydroxylation is 1. The molecule has 10 nitrogen and oxygen atoms in total. The van der Waals surface area contributed by atoms with Crippen LogP contribution >= 0.6 is 0 Å². The molecule has 5 aromatic carbocycles. The quantitative estimate of drug-likeness (QED) is 0.137. The normalized spacial score (nSPS) is 12.1. The van der Waals surface area contributed by atoms with Crippen molar-refractivity contribution in [3.63, 3.8) is 0 Å². The fourth-order valence-corrected chi connectivity index (χ4v) is 6.95. The van der Waals surface area contributed by atoms with Crippen molar-refractivity contribution in [1.29, 1.82) is 0 Å². The molecule has 0 radical (unpaired) electrons. The summed E-state index contributed by atoms with van der Waals surface area (Å²) in [4.78, 5) is 7.08. The Kier molecular flexibility index (Phi) is 8.70. The molecule has 0 saturated heterocycles. The van der Waals surface area contributed by atoms with Gasteiger partial charge in [0.05, 0.1) is 22.4 Å². The number of imidazole rings is 1. The van der Waals surface area contributed by atoms with Gasteiger partial charge in [-0.15, -0.1) is 10.2 Å². The van der Waals surface area contributed by atoms with E-state index in [0.717, 1.165) is 74.8 Å². The number of anilines is 3. The molecule has 1 unspecified atom stereocenters. The van der Waals surface area contributed by atoms with Crippen LogP contribution in [0.1, 0.15) is 31.2 Å². The molecular weight excluding hydrogens is 621 g/mol. The monoisotopic (exact) mass is 656 g/mol. The van der Waals surface area contributed by atoms with Gasteiger partial charge >= 0.3 is 0 Å². The van der Waals surface area contributed by atoms with E-state index in [4.69, 9.17) is 4.98 Å². The predicted octanol–water partition coefficient (Wildman–Crippen LogP) is 7.77. The molecule has 0 spiro atoms. The van der Waals surface area contributed by atoms with Crippen molar-refractivity contribution in [3.05, 3.63) is 115 Å². The van der Waals surface area contributed by atoms with E-state index < -0.39 is 11.3 Å². The van der Waals surface area contributed by atoms with Gasteiger partial charge in [-0.1, -0.05) is 86.1 Å². The van der Waals surface area contributed by atoms with Gasteiger partial charge in [-0.2, -0.15) is 5.21 Å². The van der Waals surface area contributed by atoms with Crippen molar-refractivity contribution in [3.8, 4) is 22.5 Å². The standard InChI is InChI=1S/C37H36N8O2S/c1-4-5-16-36-38-32-22-21-27(45(48(46)47)34-15-9-12-29-30(34)13-8-14-33(29)43(2)3)23-35(32)44(36)24-25-17-19-26(20-18-25)28-10-6-7-11-31(28)37-39-41-42-40-37/h6-15,17-23H,4-5,16,24H2,1-3H3,(H,46,47)(H,39,40,41,42). The van der Waals surface area contributed by atoms with Gasteiger partial charge < -0.3 is 9.47 Å². The maximum absolute atomic E-state index is 13.1. The molecule has 0 fully saturated rings. The number of nitrogens with zero attached hydrogens (tertiary/aromatic N) is 7. The molecule has 7 rings (SSSR count). The Bertz CT molecular complexity index is 2230. The number of hydrogen-bond donors (Lipinski definition) is 2. The first-order valence-electron chi connectivity index (χ1n) is 15.9. The first-order chi connectivity index (χ1) is 23.4. The number of fused-ring (bicyclic) bond motifs is 2. The minimum atomic E-state index is -2.32. The second kappa shape index (κ2) is 13.4. The fraction of sp³-hybridized carbons (Fsp3) is 0.189. The third kappa shape index (κ3) is 5.94. The highest BCUT2D eigenvalue weighted by atomic mass is 32.2. The molecule has 0 bridgehead atoms. The largest absolute Gasteiger partial charge is 0.377 e. The van der Waals surface area contributed by atoms with Crippen LogP contribution in [0.3, 0.4) is 0 Å². The SMILES string of the molecule is CCCCc1nc2ccc(N(c3cccc4c(N(C)C)cccc34)S(=O)O)cc2n1Cc1ccc(-c2ccccc2-c2nn[nH]n2)cc1. The number of rotatable bonds is 11. The van der Waals surface area contributed by atoms with Gasteiger partial charge in [-0.3, -0.25) is 4.55 Å². The number of aromatic amines is 1. The van der Waals surface area contributed by atoms with E-state index in [1.807, 2.05) is 91.8 Å². The Hall–Kier alpha value is -5.39. The summed E-state index contributed by atoms with van der Waals surface area (Å²) < 4.78 is 27.5. The molecule has 2 N–H and O–H groups in total. The minimum Gasteiger partial charge on any atom is -0.377 e. The van der Waals surface area contributed by atoms with Crippen LogP contribution in [0.25, 0.3) is 44.3 Å². The van der Waals surface area contributed by atoms with E-state index in [-0.39, 0.29) is 0 Å². The van der Waals surface area contributed by atoms with E-state index in [2.05, 4.69) is 62.4 Å². The molecule has 2 heterocycles. The number of hydrogen-bond acceptors (Lipinski definition) is 6. The average molecular weight is 657 g/mol. The van der Waals surface area contributed by atoms with Crippen LogP contribution in [0.4, 0.5) is 17.1 Å². The summed E-state index contributed by atoms with van der Waals surface area (Å²) in [7, 11) is 3.99. The van der Waals surface area contributed by atoms with Crippen LogP contribution in [0.15, 0.2) is 103 Å². The second-order valence-electron chi connectivity index (χ2n) is 11.9. The maximum atomic E-state index is 13.1. The van der Waals surface area contributed by atoms with Gasteiger partial charge in [0.2, 0.25) is 5.82 Å². The van der Waals surface area contributed by atoms with Crippen molar-refractivity contribution in [2.45, 2.75) is 32.7 Å². The topological polar surface area (TPSA) is 116 Å². The molecule has 2 aromatic heterocycles. The molecule has 0 aliphatic rings. The summed E-state index contributed by atoms with van der Waals surface area (Å²) >= 11 is -2.32. The number of tetrazole rings is 1. The minimum absolute atomic E-state index is 0.551. The van der Waals surface area contributed by atoms with E-state index in [0.29, 0.717) is 23.7 Å². The number of H-pyrrole nitrogens is 1. The Balaban J connectivity index is 1.28. The van der Waals surface area contributed by atoms with Crippen LogP contribution < -0.4 is 9.21 Å². The van der Waals surface area contributed by atoms with Crippen molar-refractivity contribution in [1.82, 2.24) is 30.2 Å². The zero-order valence-corrected chi connectivity index (χ0v) is 27.9. The van der Waals surface area contributed by atoms with Crippen molar-refractivity contribution in [2.75, 3.05) is 23.3 Å². The number of nitrogens with one attached hydrogen (secondary N) is 1. The molecule has 11 heteroatoms. The highest BCUT2D eigenvalue weighted by Crippen LogP contribution is 2.38. The number of benzene rings is 5. The highest BCUT2D eigenvalue weighted by Gasteiger charge is 2.21.